The van der Waals surface area contributed by atoms with E-state index in [4.69, 9.17) is 15.2 Å². The van der Waals surface area contributed by atoms with Crippen molar-refractivity contribution in [3.63, 3.8) is 0 Å². The summed E-state index contributed by atoms with van der Waals surface area (Å²) in [6, 6.07) is 12.2. The Morgan fingerprint density at radius 2 is 1.92 bits per heavy atom. The van der Waals surface area contributed by atoms with Gasteiger partial charge in [-0.1, -0.05) is 24.3 Å². The summed E-state index contributed by atoms with van der Waals surface area (Å²) < 4.78 is 38.2. The van der Waals surface area contributed by atoms with Gasteiger partial charge >= 0.3 is 0 Å². The number of sulfonamides is 1. The normalized spacial score (nSPS) is 14.5. The summed E-state index contributed by atoms with van der Waals surface area (Å²) in [5, 5.41) is 0. The maximum absolute atomic E-state index is 13.2. The van der Waals surface area contributed by atoms with Gasteiger partial charge in [0, 0.05) is 19.2 Å². The van der Waals surface area contributed by atoms with Crippen molar-refractivity contribution >= 4 is 15.9 Å². The Labute approximate surface area is 152 Å². The third-order valence-electron chi connectivity index (χ3n) is 4.23. The highest BCUT2D eigenvalue weighted by Crippen LogP contribution is 2.33. The lowest BCUT2D eigenvalue weighted by Gasteiger charge is -2.28. The molecule has 0 aliphatic carbocycles. The van der Waals surface area contributed by atoms with Gasteiger partial charge in [-0.2, -0.15) is 4.31 Å². The molecule has 0 aromatic heterocycles. The van der Waals surface area contributed by atoms with Crippen LogP contribution in [0.25, 0.3) is 0 Å². The highest BCUT2D eigenvalue weighted by Gasteiger charge is 2.31. The van der Waals surface area contributed by atoms with Gasteiger partial charge in [-0.3, -0.25) is 4.79 Å². The largest absolute Gasteiger partial charge is 0.495 e. The number of benzene rings is 2. The van der Waals surface area contributed by atoms with Crippen LogP contribution < -0.4 is 15.2 Å². The molecule has 0 saturated carbocycles. The zero-order chi connectivity index (χ0) is 18.7. The number of rotatable bonds is 6. The number of amides is 1. The van der Waals surface area contributed by atoms with Crippen molar-refractivity contribution in [2.45, 2.75) is 17.9 Å². The number of ether oxygens (including phenoxy) is 2. The first-order valence-electron chi connectivity index (χ1n) is 8.08. The number of nitrogens with zero attached hydrogens (tertiary/aromatic N) is 1. The number of primary amides is 1. The van der Waals surface area contributed by atoms with Crippen LogP contribution in [0.15, 0.2) is 47.4 Å². The molecular weight excluding hydrogens is 356 g/mol. The van der Waals surface area contributed by atoms with Gasteiger partial charge in [0.15, 0.2) is 6.61 Å². The Balaban J connectivity index is 1.93. The first kappa shape index (κ1) is 18.2. The van der Waals surface area contributed by atoms with E-state index in [-0.39, 0.29) is 23.0 Å². The Kier molecular flexibility index (Phi) is 5.15. The van der Waals surface area contributed by atoms with Crippen molar-refractivity contribution in [1.82, 2.24) is 4.31 Å². The topological polar surface area (TPSA) is 98.9 Å². The molecule has 2 aromatic carbocycles. The molecular formula is C18H20N2O5S. The number of methoxy groups -OCH3 is 1. The molecule has 1 aliphatic rings. The molecule has 1 heterocycles. The minimum Gasteiger partial charge on any atom is -0.495 e. The second kappa shape index (κ2) is 7.35. The first-order valence-corrected chi connectivity index (χ1v) is 9.52. The van der Waals surface area contributed by atoms with Gasteiger partial charge in [0.25, 0.3) is 5.91 Å². The summed E-state index contributed by atoms with van der Waals surface area (Å²) >= 11 is 0. The van der Waals surface area contributed by atoms with E-state index in [1.165, 1.54) is 29.6 Å². The summed E-state index contributed by atoms with van der Waals surface area (Å²) in [4.78, 5) is 10.9. The van der Waals surface area contributed by atoms with E-state index in [9.17, 15) is 13.2 Å². The average molecular weight is 376 g/mol. The van der Waals surface area contributed by atoms with Gasteiger partial charge < -0.3 is 15.2 Å². The summed E-state index contributed by atoms with van der Waals surface area (Å²) in [6.45, 7) is 0.353. The van der Waals surface area contributed by atoms with Crippen molar-refractivity contribution in [2.75, 3.05) is 20.3 Å². The van der Waals surface area contributed by atoms with Crippen molar-refractivity contribution < 1.29 is 22.7 Å². The highest BCUT2D eigenvalue weighted by molar-refractivity contribution is 7.89. The van der Waals surface area contributed by atoms with Gasteiger partial charge in [-0.25, -0.2) is 8.42 Å². The third kappa shape index (κ3) is 3.66. The fourth-order valence-electron chi connectivity index (χ4n) is 2.92. The predicted octanol–water partition coefficient (Wildman–Crippen LogP) is 1.31. The van der Waals surface area contributed by atoms with E-state index in [0.29, 0.717) is 19.5 Å². The van der Waals surface area contributed by atoms with Crippen LogP contribution in [0.1, 0.15) is 11.1 Å². The fraction of sp³-hybridized carbons (Fsp3) is 0.278. The Morgan fingerprint density at radius 3 is 2.62 bits per heavy atom. The third-order valence-corrected chi connectivity index (χ3v) is 6.10. The van der Waals surface area contributed by atoms with Crippen LogP contribution in [0.5, 0.6) is 11.5 Å². The van der Waals surface area contributed by atoms with Crippen LogP contribution in [0.4, 0.5) is 0 Å². The van der Waals surface area contributed by atoms with E-state index in [2.05, 4.69) is 0 Å². The molecule has 0 unspecified atom stereocenters. The molecule has 8 heteroatoms. The standard InChI is InChI=1S/C18H20N2O5S/c1-24-16-7-6-15(25-12-18(19)21)10-17(16)26(22,23)20-9-8-13-4-2-3-5-14(13)11-20/h2-7,10H,8-9,11-12H2,1H3,(H2,19,21). The summed E-state index contributed by atoms with van der Waals surface area (Å²) in [5.41, 5.74) is 7.21. The number of fused-ring (bicyclic) bond motifs is 1. The predicted molar refractivity (Wildman–Crippen MR) is 95.4 cm³/mol. The van der Waals surface area contributed by atoms with E-state index in [1.54, 1.807) is 0 Å². The van der Waals surface area contributed by atoms with Gasteiger partial charge in [-0.15, -0.1) is 0 Å². The van der Waals surface area contributed by atoms with E-state index < -0.39 is 15.9 Å². The molecule has 2 aromatic rings. The van der Waals surface area contributed by atoms with Crippen LogP contribution in [0.3, 0.4) is 0 Å². The number of nitrogens with two attached hydrogens (primary N) is 1. The number of carbonyl (C=O) groups excluding carboxylic acids is 1. The number of hydrogen-bond acceptors (Lipinski definition) is 5. The van der Waals surface area contributed by atoms with Crippen LogP contribution in [0.2, 0.25) is 0 Å². The second-order valence-corrected chi connectivity index (χ2v) is 7.83. The van der Waals surface area contributed by atoms with Gasteiger partial charge in [0.05, 0.1) is 7.11 Å². The molecule has 0 saturated heterocycles. The molecule has 1 amide bonds. The Bertz CT molecular complexity index is 927. The van der Waals surface area contributed by atoms with Crippen molar-refractivity contribution in [3.8, 4) is 11.5 Å². The smallest absolute Gasteiger partial charge is 0.255 e. The van der Waals surface area contributed by atoms with Crippen LogP contribution in [0, 0.1) is 0 Å². The fourth-order valence-corrected chi connectivity index (χ4v) is 4.51. The van der Waals surface area contributed by atoms with Crippen LogP contribution in [-0.2, 0) is 27.8 Å². The minimum atomic E-state index is -3.80. The lowest BCUT2D eigenvalue weighted by Crippen LogP contribution is -2.36. The van der Waals surface area contributed by atoms with Gasteiger partial charge in [0.2, 0.25) is 10.0 Å². The summed E-state index contributed by atoms with van der Waals surface area (Å²) in [7, 11) is -2.39. The minimum absolute atomic E-state index is 0.00125. The summed E-state index contributed by atoms with van der Waals surface area (Å²) in [6.07, 6.45) is 0.648. The van der Waals surface area contributed by atoms with E-state index in [0.717, 1.165) is 11.1 Å². The molecule has 0 spiro atoms. The molecule has 3 rings (SSSR count). The Hall–Kier alpha value is -2.58. The first-order chi connectivity index (χ1) is 12.4. The highest BCUT2D eigenvalue weighted by atomic mass is 32.2. The number of carbonyl (C=O) groups is 1. The molecule has 138 valence electrons. The zero-order valence-electron chi connectivity index (χ0n) is 14.3. The maximum atomic E-state index is 13.2. The monoisotopic (exact) mass is 376 g/mol. The quantitative estimate of drug-likeness (QED) is 0.819. The van der Waals surface area contributed by atoms with Gasteiger partial charge in [-0.05, 0) is 29.7 Å². The average Bonchev–Trinajstić information content (AvgIpc) is 2.65. The zero-order valence-corrected chi connectivity index (χ0v) is 15.2. The molecule has 26 heavy (non-hydrogen) atoms. The van der Waals surface area contributed by atoms with Crippen LogP contribution in [-0.4, -0.2) is 38.9 Å². The molecule has 7 nitrogen and oxygen atoms in total. The lowest BCUT2D eigenvalue weighted by atomic mass is 10.0. The summed E-state index contributed by atoms with van der Waals surface area (Å²) in [5.74, 6) is -0.186. The molecule has 0 bridgehead atoms. The van der Waals surface area contributed by atoms with Crippen molar-refractivity contribution in [2.24, 2.45) is 5.73 Å². The maximum Gasteiger partial charge on any atom is 0.255 e. The van der Waals surface area contributed by atoms with E-state index in [1.807, 2.05) is 24.3 Å². The second-order valence-electron chi connectivity index (χ2n) is 5.92. The Morgan fingerprint density at radius 1 is 1.19 bits per heavy atom. The van der Waals surface area contributed by atoms with E-state index >= 15 is 0 Å². The molecule has 0 radical (unpaired) electrons. The number of hydrogen-bond donors (Lipinski definition) is 1. The molecule has 0 fully saturated rings. The van der Waals surface area contributed by atoms with Gasteiger partial charge in [0.1, 0.15) is 16.4 Å². The van der Waals surface area contributed by atoms with Crippen LogP contribution >= 0.6 is 0 Å². The van der Waals surface area contributed by atoms with Crippen molar-refractivity contribution in [3.05, 3.63) is 53.6 Å². The molecule has 1 aliphatic heterocycles. The lowest BCUT2D eigenvalue weighted by molar-refractivity contribution is -0.119. The molecule has 0 atom stereocenters. The SMILES string of the molecule is COc1ccc(OCC(N)=O)cc1S(=O)(=O)N1CCc2ccccc2C1. The van der Waals surface area contributed by atoms with Crippen molar-refractivity contribution in [1.29, 1.82) is 0 Å². The molecule has 2 N–H and O–H groups in total.